The van der Waals surface area contributed by atoms with Crippen molar-refractivity contribution in [2.75, 3.05) is 6.61 Å². The second-order valence-electron chi connectivity index (χ2n) is 4.09. The number of rotatable bonds is 6. The minimum Gasteiger partial charge on any atom is -0.480 e. The number of benzene rings is 1. The molecule has 0 spiro atoms. The molecule has 2 rings (SSSR count). The first-order valence-electron chi connectivity index (χ1n) is 5.80. The lowest BCUT2D eigenvalue weighted by atomic mass is 10.1. The summed E-state index contributed by atoms with van der Waals surface area (Å²) in [7, 11) is 0. The van der Waals surface area contributed by atoms with Crippen molar-refractivity contribution in [1.29, 1.82) is 0 Å². The van der Waals surface area contributed by atoms with Crippen molar-refractivity contribution in [2.45, 2.75) is 20.0 Å². The van der Waals surface area contributed by atoms with Gasteiger partial charge in [0.25, 0.3) is 5.89 Å². The third kappa shape index (κ3) is 3.89. The number of carbonyl (C=O) groups is 1. The number of hydrogen-bond donors (Lipinski definition) is 1. The molecular weight excluding hydrogens is 248 g/mol. The monoisotopic (exact) mass is 262 g/mol. The van der Waals surface area contributed by atoms with Crippen LogP contribution in [-0.2, 0) is 22.6 Å². The first kappa shape index (κ1) is 13.2. The summed E-state index contributed by atoms with van der Waals surface area (Å²) in [6.45, 7) is 1.65. The molecular formula is C13H14N2O4. The van der Waals surface area contributed by atoms with E-state index >= 15 is 0 Å². The Labute approximate surface area is 110 Å². The van der Waals surface area contributed by atoms with E-state index in [9.17, 15) is 4.79 Å². The second-order valence-corrected chi connectivity index (χ2v) is 4.09. The van der Waals surface area contributed by atoms with E-state index in [-0.39, 0.29) is 19.1 Å². The predicted octanol–water partition coefficient (Wildman–Crippen LogP) is 1.57. The number of ether oxygens (including phenoxy) is 1. The van der Waals surface area contributed by atoms with Crippen molar-refractivity contribution in [3.05, 3.63) is 47.1 Å². The molecule has 0 unspecified atom stereocenters. The fourth-order valence-electron chi connectivity index (χ4n) is 1.63. The number of hydrogen-bond acceptors (Lipinski definition) is 5. The summed E-state index contributed by atoms with van der Waals surface area (Å²) >= 11 is 0. The number of aliphatic carboxylic acids is 1. The van der Waals surface area contributed by atoms with Gasteiger partial charge in [-0.05, 0) is 18.1 Å². The molecule has 0 bridgehead atoms. The van der Waals surface area contributed by atoms with E-state index < -0.39 is 5.97 Å². The lowest BCUT2D eigenvalue weighted by Gasteiger charge is -2.00. The molecule has 0 atom stereocenters. The minimum atomic E-state index is -1.03. The third-order valence-electron chi connectivity index (χ3n) is 2.57. The molecule has 0 aliphatic heterocycles. The Morgan fingerprint density at radius 1 is 1.42 bits per heavy atom. The number of aromatic nitrogens is 2. The maximum absolute atomic E-state index is 10.3. The summed E-state index contributed by atoms with van der Waals surface area (Å²) in [6, 6.07) is 7.96. The lowest BCUT2D eigenvalue weighted by Crippen LogP contribution is -2.06. The van der Waals surface area contributed by atoms with Crippen molar-refractivity contribution in [1.82, 2.24) is 10.1 Å². The molecule has 0 amide bonds. The van der Waals surface area contributed by atoms with Crippen LogP contribution >= 0.6 is 0 Å². The largest absolute Gasteiger partial charge is 0.480 e. The van der Waals surface area contributed by atoms with E-state index in [0.717, 1.165) is 11.1 Å². The minimum absolute atomic E-state index is 0.00702. The highest BCUT2D eigenvalue weighted by Crippen LogP contribution is 2.11. The molecule has 0 saturated heterocycles. The molecule has 0 radical (unpaired) electrons. The molecule has 0 aliphatic carbocycles. The highest BCUT2D eigenvalue weighted by atomic mass is 16.5. The molecule has 1 heterocycles. The second kappa shape index (κ2) is 6.10. The van der Waals surface area contributed by atoms with Crippen LogP contribution in [0, 0.1) is 6.92 Å². The third-order valence-corrected chi connectivity index (χ3v) is 2.57. The number of nitrogens with zero attached hydrogens (tertiary/aromatic N) is 2. The molecule has 0 aliphatic rings. The summed E-state index contributed by atoms with van der Waals surface area (Å²) in [5.41, 5.74) is 2.29. The van der Waals surface area contributed by atoms with Gasteiger partial charge in [0.05, 0.1) is 0 Å². The van der Waals surface area contributed by atoms with Gasteiger partial charge in [-0.2, -0.15) is 4.98 Å². The van der Waals surface area contributed by atoms with Crippen LogP contribution in [-0.4, -0.2) is 27.8 Å². The molecule has 6 heteroatoms. The van der Waals surface area contributed by atoms with Crippen molar-refractivity contribution in [2.24, 2.45) is 0 Å². The Morgan fingerprint density at radius 3 is 2.95 bits per heavy atom. The highest BCUT2D eigenvalue weighted by molar-refractivity contribution is 5.67. The fraction of sp³-hybridized carbons (Fsp3) is 0.308. The predicted molar refractivity (Wildman–Crippen MR) is 65.6 cm³/mol. The number of carboxylic acids is 1. The molecule has 1 aromatic carbocycles. The van der Waals surface area contributed by atoms with Crippen molar-refractivity contribution in [3.63, 3.8) is 0 Å². The van der Waals surface area contributed by atoms with Crippen molar-refractivity contribution in [3.8, 4) is 0 Å². The van der Waals surface area contributed by atoms with Gasteiger partial charge in [-0.15, -0.1) is 0 Å². The quantitative estimate of drug-likeness (QED) is 0.850. The summed E-state index contributed by atoms with van der Waals surface area (Å²) in [4.78, 5) is 14.4. The normalized spacial score (nSPS) is 10.6. The van der Waals surface area contributed by atoms with E-state index in [1.54, 1.807) is 0 Å². The van der Waals surface area contributed by atoms with Crippen LogP contribution in [0.2, 0.25) is 0 Å². The van der Waals surface area contributed by atoms with Gasteiger partial charge < -0.3 is 14.4 Å². The van der Waals surface area contributed by atoms with Gasteiger partial charge in [-0.1, -0.05) is 29.4 Å². The molecule has 2 aromatic rings. The summed E-state index contributed by atoms with van der Waals surface area (Å²) in [6.07, 6.45) is 0.578. The van der Waals surface area contributed by atoms with Crippen LogP contribution in [0.15, 0.2) is 28.8 Å². The number of aryl methyl sites for hydroxylation is 1. The summed E-state index contributed by atoms with van der Waals surface area (Å²) in [5, 5.41) is 12.3. The van der Waals surface area contributed by atoms with Gasteiger partial charge in [0.1, 0.15) is 13.2 Å². The average Bonchev–Trinajstić information content (AvgIpc) is 2.79. The highest BCUT2D eigenvalue weighted by Gasteiger charge is 2.09. The molecule has 19 heavy (non-hydrogen) atoms. The van der Waals surface area contributed by atoms with Gasteiger partial charge in [-0.3, -0.25) is 0 Å². The SMILES string of the molecule is Cc1ccccc1Cc1noc(COCC(=O)O)n1. The molecule has 1 aromatic heterocycles. The van der Waals surface area contributed by atoms with Crippen LogP contribution in [0.1, 0.15) is 22.8 Å². The molecule has 0 fully saturated rings. The van der Waals surface area contributed by atoms with E-state index in [1.165, 1.54) is 0 Å². The van der Waals surface area contributed by atoms with Crippen LogP contribution in [0.25, 0.3) is 0 Å². The maximum Gasteiger partial charge on any atom is 0.329 e. The van der Waals surface area contributed by atoms with E-state index in [4.69, 9.17) is 14.4 Å². The van der Waals surface area contributed by atoms with Crippen molar-refractivity contribution < 1.29 is 19.2 Å². The maximum atomic E-state index is 10.3. The van der Waals surface area contributed by atoms with Gasteiger partial charge in [-0.25, -0.2) is 4.79 Å². The topological polar surface area (TPSA) is 85.5 Å². The summed E-state index contributed by atoms with van der Waals surface area (Å²) in [5.74, 6) is -0.187. The number of carboxylic acid groups (broad SMARTS) is 1. The smallest absolute Gasteiger partial charge is 0.329 e. The Hall–Kier alpha value is -2.21. The Morgan fingerprint density at radius 2 is 2.21 bits per heavy atom. The zero-order valence-electron chi connectivity index (χ0n) is 10.5. The fourth-order valence-corrected chi connectivity index (χ4v) is 1.63. The van der Waals surface area contributed by atoms with Crippen LogP contribution < -0.4 is 0 Å². The zero-order valence-corrected chi connectivity index (χ0v) is 10.5. The Balaban J connectivity index is 1.94. The molecule has 1 N–H and O–H groups in total. The summed E-state index contributed by atoms with van der Waals surface area (Å²) < 4.78 is 9.85. The molecule has 6 nitrogen and oxygen atoms in total. The first-order chi connectivity index (χ1) is 9.15. The van der Waals surface area contributed by atoms with Gasteiger partial charge in [0.2, 0.25) is 0 Å². The van der Waals surface area contributed by atoms with E-state index in [2.05, 4.69) is 10.1 Å². The van der Waals surface area contributed by atoms with Gasteiger partial charge in [0.15, 0.2) is 5.82 Å². The first-order valence-corrected chi connectivity index (χ1v) is 5.80. The van der Waals surface area contributed by atoms with Crippen LogP contribution in [0.4, 0.5) is 0 Å². The van der Waals surface area contributed by atoms with Gasteiger partial charge >= 0.3 is 5.97 Å². The van der Waals surface area contributed by atoms with Crippen LogP contribution in [0.5, 0.6) is 0 Å². The zero-order chi connectivity index (χ0) is 13.7. The van der Waals surface area contributed by atoms with Crippen LogP contribution in [0.3, 0.4) is 0 Å². The molecule has 100 valence electrons. The Kier molecular flexibility index (Phi) is 4.25. The lowest BCUT2D eigenvalue weighted by molar-refractivity contribution is -0.142. The van der Waals surface area contributed by atoms with E-state index in [0.29, 0.717) is 12.2 Å². The average molecular weight is 262 g/mol. The standard InChI is InChI=1S/C13H14N2O4/c1-9-4-2-3-5-10(9)6-11-14-12(19-15-11)7-18-8-13(16)17/h2-5H,6-8H2,1H3,(H,16,17). The van der Waals surface area contributed by atoms with Crippen molar-refractivity contribution >= 4 is 5.97 Å². The van der Waals surface area contributed by atoms with Gasteiger partial charge in [0, 0.05) is 6.42 Å². The molecule has 0 saturated carbocycles. The Bertz CT molecular complexity index is 565. The van der Waals surface area contributed by atoms with E-state index in [1.807, 2.05) is 31.2 Å².